The lowest BCUT2D eigenvalue weighted by Gasteiger charge is -2.05. The maximum Gasteiger partial charge on any atom is 0.158 e. The summed E-state index contributed by atoms with van der Waals surface area (Å²) in [5.74, 6) is 0.718. The van der Waals surface area contributed by atoms with Gasteiger partial charge in [-0.2, -0.15) is 0 Å². The number of nitrogens with zero attached hydrogens (tertiary/aromatic N) is 2. The molecule has 0 amide bonds. The van der Waals surface area contributed by atoms with E-state index in [0.717, 1.165) is 37.0 Å². The Balaban J connectivity index is 1.52. The lowest BCUT2D eigenvalue weighted by Crippen LogP contribution is -2.08. The van der Waals surface area contributed by atoms with Crippen molar-refractivity contribution in [3.63, 3.8) is 0 Å². The zero-order chi connectivity index (χ0) is 10.1. The molecule has 1 aliphatic heterocycles. The fraction of sp³-hybridized carbons (Fsp3) is 0.800. The molecule has 0 N–H and O–H groups in total. The quantitative estimate of drug-likeness (QED) is 0.784. The average molecular weight is 226 g/mol. The number of ether oxygens (including phenoxy) is 2. The standard InChI is InChI=1S/C10H14N2O2S/c1-2-7(1)10-12-11-8(15-10)3-4-9-13-5-6-14-9/h7,9H,1-6H2. The molecule has 4 nitrogen and oxygen atoms in total. The topological polar surface area (TPSA) is 44.2 Å². The van der Waals surface area contributed by atoms with Gasteiger partial charge in [0, 0.05) is 18.8 Å². The van der Waals surface area contributed by atoms with Gasteiger partial charge in [-0.05, 0) is 12.8 Å². The minimum absolute atomic E-state index is 0.0155. The largest absolute Gasteiger partial charge is 0.350 e. The first kappa shape index (κ1) is 9.69. The first-order valence-electron chi connectivity index (χ1n) is 5.47. The maximum absolute atomic E-state index is 5.38. The van der Waals surface area contributed by atoms with E-state index in [9.17, 15) is 0 Å². The second kappa shape index (κ2) is 4.15. The van der Waals surface area contributed by atoms with Gasteiger partial charge in [-0.25, -0.2) is 0 Å². The van der Waals surface area contributed by atoms with Crippen molar-refractivity contribution < 1.29 is 9.47 Å². The van der Waals surface area contributed by atoms with Crippen LogP contribution in [-0.4, -0.2) is 29.7 Å². The van der Waals surface area contributed by atoms with Gasteiger partial charge >= 0.3 is 0 Å². The van der Waals surface area contributed by atoms with Crippen molar-refractivity contribution >= 4 is 11.3 Å². The molecule has 2 heterocycles. The number of aromatic nitrogens is 2. The van der Waals surface area contributed by atoms with Crippen LogP contribution in [0.3, 0.4) is 0 Å². The highest BCUT2D eigenvalue weighted by Crippen LogP contribution is 2.41. The van der Waals surface area contributed by atoms with Crippen LogP contribution < -0.4 is 0 Å². The summed E-state index contributed by atoms with van der Waals surface area (Å²) < 4.78 is 10.8. The van der Waals surface area contributed by atoms with Crippen LogP contribution in [0.25, 0.3) is 0 Å². The summed E-state index contributed by atoms with van der Waals surface area (Å²) in [7, 11) is 0. The molecule has 2 aliphatic rings. The monoisotopic (exact) mass is 226 g/mol. The summed E-state index contributed by atoms with van der Waals surface area (Å²) in [5.41, 5.74) is 0. The van der Waals surface area contributed by atoms with Gasteiger partial charge in [-0.1, -0.05) is 0 Å². The Bertz CT molecular complexity index is 332. The Kier molecular flexibility index (Phi) is 2.68. The fourth-order valence-corrected chi connectivity index (χ4v) is 2.71. The maximum atomic E-state index is 5.38. The molecule has 5 heteroatoms. The summed E-state index contributed by atoms with van der Waals surface area (Å²) >= 11 is 1.75. The molecule has 0 bridgehead atoms. The van der Waals surface area contributed by atoms with Crippen LogP contribution in [-0.2, 0) is 15.9 Å². The Morgan fingerprint density at radius 3 is 2.73 bits per heavy atom. The van der Waals surface area contributed by atoms with E-state index in [1.807, 2.05) is 0 Å². The molecule has 1 saturated carbocycles. The summed E-state index contributed by atoms with van der Waals surface area (Å²) in [6.07, 6.45) is 4.40. The van der Waals surface area contributed by atoms with Gasteiger partial charge in [0.25, 0.3) is 0 Å². The Labute approximate surface area is 92.6 Å². The number of rotatable bonds is 4. The van der Waals surface area contributed by atoms with Crippen LogP contribution >= 0.6 is 11.3 Å². The third-order valence-electron chi connectivity index (χ3n) is 2.69. The molecule has 2 fully saturated rings. The van der Waals surface area contributed by atoms with Crippen molar-refractivity contribution in [3.8, 4) is 0 Å². The van der Waals surface area contributed by atoms with E-state index in [1.165, 1.54) is 17.8 Å². The van der Waals surface area contributed by atoms with Crippen molar-refractivity contribution in [1.29, 1.82) is 0 Å². The average Bonchev–Trinajstić information content (AvgIpc) is 2.82. The van der Waals surface area contributed by atoms with Gasteiger partial charge in [0.2, 0.25) is 0 Å². The van der Waals surface area contributed by atoms with Crippen LogP contribution in [0.15, 0.2) is 0 Å². The van der Waals surface area contributed by atoms with Crippen LogP contribution in [0, 0.1) is 0 Å². The van der Waals surface area contributed by atoms with E-state index in [4.69, 9.17) is 9.47 Å². The summed E-state index contributed by atoms with van der Waals surface area (Å²) in [6, 6.07) is 0. The number of hydrogen-bond donors (Lipinski definition) is 0. The van der Waals surface area contributed by atoms with Gasteiger partial charge in [0.1, 0.15) is 10.0 Å². The highest BCUT2D eigenvalue weighted by atomic mass is 32.1. The summed E-state index contributed by atoms with van der Waals surface area (Å²) in [5, 5.41) is 10.7. The molecule has 1 aromatic heterocycles. The van der Waals surface area contributed by atoms with Gasteiger partial charge < -0.3 is 9.47 Å². The van der Waals surface area contributed by atoms with E-state index in [2.05, 4.69) is 10.2 Å². The molecule has 0 atom stereocenters. The normalized spacial score (nSPS) is 22.4. The van der Waals surface area contributed by atoms with E-state index in [1.54, 1.807) is 11.3 Å². The first-order chi connectivity index (χ1) is 7.42. The van der Waals surface area contributed by atoms with Crippen molar-refractivity contribution in [2.45, 2.75) is 37.9 Å². The molecule has 0 radical (unpaired) electrons. The minimum Gasteiger partial charge on any atom is -0.350 e. The fourth-order valence-electron chi connectivity index (χ4n) is 1.68. The van der Waals surface area contributed by atoms with Crippen LogP contribution in [0.1, 0.15) is 35.2 Å². The zero-order valence-corrected chi connectivity index (χ0v) is 9.33. The lowest BCUT2D eigenvalue weighted by atomic mass is 10.3. The van der Waals surface area contributed by atoms with Crippen LogP contribution in [0.2, 0.25) is 0 Å². The van der Waals surface area contributed by atoms with Crippen LogP contribution in [0.4, 0.5) is 0 Å². The molecular formula is C10H14N2O2S. The number of hydrogen-bond acceptors (Lipinski definition) is 5. The predicted molar refractivity (Wildman–Crippen MR) is 55.9 cm³/mol. The molecule has 1 aromatic rings. The van der Waals surface area contributed by atoms with E-state index in [-0.39, 0.29) is 6.29 Å². The number of aryl methyl sites for hydroxylation is 1. The third kappa shape index (κ3) is 2.35. The molecule has 0 aromatic carbocycles. The SMILES string of the molecule is C1COC(CCc2nnc(C3CC3)s2)O1. The van der Waals surface area contributed by atoms with Crippen LogP contribution in [0.5, 0.6) is 0 Å². The zero-order valence-electron chi connectivity index (χ0n) is 8.52. The minimum atomic E-state index is -0.0155. The molecule has 0 unspecified atom stereocenters. The Morgan fingerprint density at radius 1 is 1.20 bits per heavy atom. The molecule has 1 aliphatic carbocycles. The van der Waals surface area contributed by atoms with E-state index < -0.39 is 0 Å². The second-order valence-corrected chi connectivity index (χ2v) is 5.11. The van der Waals surface area contributed by atoms with Gasteiger partial charge in [0.05, 0.1) is 13.2 Å². The van der Waals surface area contributed by atoms with Crippen molar-refractivity contribution in [3.05, 3.63) is 10.0 Å². The molecular weight excluding hydrogens is 212 g/mol. The molecule has 82 valence electrons. The highest BCUT2D eigenvalue weighted by Gasteiger charge is 2.27. The summed E-state index contributed by atoms with van der Waals surface area (Å²) in [6.45, 7) is 1.46. The second-order valence-electron chi connectivity index (χ2n) is 4.02. The molecule has 1 saturated heterocycles. The van der Waals surface area contributed by atoms with E-state index in [0.29, 0.717) is 0 Å². The van der Waals surface area contributed by atoms with Gasteiger partial charge in [0.15, 0.2) is 6.29 Å². The van der Waals surface area contributed by atoms with Crippen molar-refractivity contribution in [2.24, 2.45) is 0 Å². The van der Waals surface area contributed by atoms with Gasteiger partial charge in [-0.15, -0.1) is 21.5 Å². The smallest absolute Gasteiger partial charge is 0.158 e. The third-order valence-corrected chi connectivity index (χ3v) is 3.84. The van der Waals surface area contributed by atoms with Gasteiger partial charge in [-0.3, -0.25) is 0 Å². The highest BCUT2D eigenvalue weighted by molar-refractivity contribution is 7.11. The van der Waals surface area contributed by atoms with Crippen molar-refractivity contribution in [1.82, 2.24) is 10.2 Å². The lowest BCUT2D eigenvalue weighted by molar-refractivity contribution is -0.0462. The predicted octanol–water partition coefficient (Wildman–Crippen LogP) is 1.72. The molecule has 3 rings (SSSR count). The first-order valence-corrected chi connectivity index (χ1v) is 6.29. The molecule has 15 heavy (non-hydrogen) atoms. The Morgan fingerprint density at radius 2 is 2.00 bits per heavy atom. The Hall–Kier alpha value is -0.520. The van der Waals surface area contributed by atoms with Crippen molar-refractivity contribution in [2.75, 3.05) is 13.2 Å². The van der Waals surface area contributed by atoms with E-state index >= 15 is 0 Å². The summed E-state index contributed by atoms with van der Waals surface area (Å²) in [4.78, 5) is 0. The molecule has 0 spiro atoms.